The Kier molecular flexibility index (Phi) is 5.31. The van der Waals surface area contributed by atoms with E-state index in [1.54, 1.807) is 0 Å². The maximum Gasteiger partial charge on any atom is 0.224 e. The predicted octanol–water partition coefficient (Wildman–Crippen LogP) is 3.30. The van der Waals surface area contributed by atoms with Gasteiger partial charge in [-0.15, -0.1) is 0 Å². The van der Waals surface area contributed by atoms with Gasteiger partial charge in [-0.05, 0) is 45.8 Å². The maximum absolute atomic E-state index is 4.56. The average molecular weight is 280 g/mol. The number of hydrogen-bond donors (Lipinski definition) is 2. The SMILES string of the molecule is CCNc1ncc(C)c(NC2CCC(SC)CC2)n1. The summed E-state index contributed by atoms with van der Waals surface area (Å²) in [6, 6.07) is 0.562. The van der Waals surface area contributed by atoms with Gasteiger partial charge in [-0.25, -0.2) is 4.98 Å². The van der Waals surface area contributed by atoms with Gasteiger partial charge in [0.05, 0.1) is 0 Å². The number of rotatable bonds is 5. The lowest BCUT2D eigenvalue weighted by molar-refractivity contribution is 0.472. The molecule has 1 aromatic rings. The van der Waals surface area contributed by atoms with E-state index in [1.165, 1.54) is 25.7 Å². The first-order valence-corrected chi connectivity index (χ1v) is 8.38. The van der Waals surface area contributed by atoms with E-state index in [9.17, 15) is 0 Å². The zero-order chi connectivity index (χ0) is 13.7. The molecule has 1 fully saturated rings. The molecule has 1 heterocycles. The molecule has 1 aliphatic rings. The van der Waals surface area contributed by atoms with Crippen LogP contribution in [0, 0.1) is 6.92 Å². The number of aromatic nitrogens is 2. The maximum atomic E-state index is 4.56. The van der Waals surface area contributed by atoms with Gasteiger partial charge in [-0.2, -0.15) is 16.7 Å². The third-order valence-electron chi connectivity index (χ3n) is 3.65. The van der Waals surface area contributed by atoms with E-state index in [4.69, 9.17) is 0 Å². The van der Waals surface area contributed by atoms with Crippen LogP contribution in [0.1, 0.15) is 38.2 Å². The van der Waals surface area contributed by atoms with E-state index in [2.05, 4.69) is 40.7 Å². The van der Waals surface area contributed by atoms with Gasteiger partial charge in [0, 0.05) is 29.6 Å². The third kappa shape index (κ3) is 4.00. The molecular formula is C14H24N4S. The minimum atomic E-state index is 0.562. The molecule has 1 aromatic heterocycles. The lowest BCUT2D eigenvalue weighted by atomic mass is 9.95. The highest BCUT2D eigenvalue weighted by Crippen LogP contribution is 2.28. The normalized spacial score (nSPS) is 23.1. The molecule has 4 nitrogen and oxygen atoms in total. The fourth-order valence-electron chi connectivity index (χ4n) is 2.47. The topological polar surface area (TPSA) is 49.8 Å². The molecule has 0 radical (unpaired) electrons. The van der Waals surface area contributed by atoms with E-state index in [0.717, 1.165) is 23.2 Å². The second-order valence-electron chi connectivity index (χ2n) is 5.11. The Morgan fingerprint density at radius 1 is 1.32 bits per heavy atom. The first-order chi connectivity index (χ1) is 9.22. The Morgan fingerprint density at radius 3 is 2.68 bits per heavy atom. The Balaban J connectivity index is 1.96. The zero-order valence-electron chi connectivity index (χ0n) is 12.1. The van der Waals surface area contributed by atoms with Crippen LogP contribution < -0.4 is 10.6 Å². The molecule has 1 saturated carbocycles. The highest BCUT2D eigenvalue weighted by atomic mass is 32.2. The van der Waals surface area contributed by atoms with Crippen molar-refractivity contribution in [1.29, 1.82) is 0 Å². The van der Waals surface area contributed by atoms with Gasteiger partial charge in [0.2, 0.25) is 5.95 Å². The van der Waals surface area contributed by atoms with Crippen LogP contribution >= 0.6 is 11.8 Å². The summed E-state index contributed by atoms with van der Waals surface area (Å²) < 4.78 is 0. The van der Waals surface area contributed by atoms with Crippen molar-refractivity contribution in [3.8, 4) is 0 Å². The van der Waals surface area contributed by atoms with E-state index in [1.807, 2.05) is 18.0 Å². The van der Waals surface area contributed by atoms with E-state index in [0.29, 0.717) is 12.0 Å². The lowest BCUT2D eigenvalue weighted by Gasteiger charge is -2.28. The highest BCUT2D eigenvalue weighted by molar-refractivity contribution is 7.99. The number of anilines is 2. The molecule has 0 atom stereocenters. The molecule has 19 heavy (non-hydrogen) atoms. The first kappa shape index (κ1) is 14.4. The molecule has 106 valence electrons. The van der Waals surface area contributed by atoms with Gasteiger partial charge in [-0.1, -0.05) is 0 Å². The van der Waals surface area contributed by atoms with Crippen LogP contribution in [-0.4, -0.2) is 34.1 Å². The van der Waals surface area contributed by atoms with Crippen LogP contribution in [0.4, 0.5) is 11.8 Å². The number of hydrogen-bond acceptors (Lipinski definition) is 5. The van der Waals surface area contributed by atoms with Crippen molar-refractivity contribution in [2.24, 2.45) is 0 Å². The third-order valence-corrected chi connectivity index (χ3v) is 4.79. The van der Waals surface area contributed by atoms with Crippen LogP contribution in [0.3, 0.4) is 0 Å². The molecule has 5 heteroatoms. The van der Waals surface area contributed by atoms with Crippen molar-refractivity contribution in [2.45, 2.75) is 50.8 Å². The summed E-state index contributed by atoms with van der Waals surface area (Å²) in [5, 5.41) is 7.60. The van der Waals surface area contributed by atoms with Gasteiger partial charge >= 0.3 is 0 Å². The van der Waals surface area contributed by atoms with Crippen molar-refractivity contribution in [1.82, 2.24) is 9.97 Å². The molecule has 0 bridgehead atoms. The summed E-state index contributed by atoms with van der Waals surface area (Å²) in [5.74, 6) is 1.70. The smallest absolute Gasteiger partial charge is 0.224 e. The predicted molar refractivity (Wildman–Crippen MR) is 84.1 cm³/mol. The van der Waals surface area contributed by atoms with Crippen LogP contribution in [0.2, 0.25) is 0 Å². The van der Waals surface area contributed by atoms with Gasteiger partial charge in [0.25, 0.3) is 0 Å². The van der Waals surface area contributed by atoms with Crippen LogP contribution in [0.15, 0.2) is 6.20 Å². The fourth-order valence-corrected chi connectivity index (χ4v) is 3.21. The summed E-state index contributed by atoms with van der Waals surface area (Å²) in [4.78, 5) is 8.84. The molecule has 0 saturated heterocycles. The highest BCUT2D eigenvalue weighted by Gasteiger charge is 2.21. The summed E-state index contributed by atoms with van der Waals surface area (Å²) in [6.45, 7) is 4.97. The van der Waals surface area contributed by atoms with Crippen molar-refractivity contribution in [3.63, 3.8) is 0 Å². The number of nitrogens with one attached hydrogen (secondary N) is 2. The van der Waals surface area contributed by atoms with Gasteiger partial charge < -0.3 is 10.6 Å². The molecule has 2 rings (SSSR count). The average Bonchev–Trinajstić information content (AvgIpc) is 2.44. The zero-order valence-corrected chi connectivity index (χ0v) is 12.9. The minimum absolute atomic E-state index is 0.562. The molecule has 0 spiro atoms. The van der Waals surface area contributed by atoms with Gasteiger partial charge in [0.1, 0.15) is 5.82 Å². The quantitative estimate of drug-likeness (QED) is 0.866. The lowest BCUT2D eigenvalue weighted by Crippen LogP contribution is -2.28. The number of aryl methyl sites for hydroxylation is 1. The standard InChI is InChI=1S/C14H24N4S/c1-4-15-14-16-9-10(2)13(18-14)17-11-5-7-12(19-3)8-6-11/h9,11-12H,4-8H2,1-3H3,(H2,15,16,17,18). The largest absolute Gasteiger partial charge is 0.367 e. The Morgan fingerprint density at radius 2 is 2.05 bits per heavy atom. The van der Waals surface area contributed by atoms with Gasteiger partial charge in [0.15, 0.2) is 0 Å². The van der Waals surface area contributed by atoms with Crippen molar-refractivity contribution in [2.75, 3.05) is 23.4 Å². The number of nitrogens with zero attached hydrogens (tertiary/aromatic N) is 2. The van der Waals surface area contributed by atoms with Crippen LogP contribution in [0.5, 0.6) is 0 Å². The van der Waals surface area contributed by atoms with Crippen molar-refractivity contribution >= 4 is 23.5 Å². The van der Waals surface area contributed by atoms with Crippen molar-refractivity contribution in [3.05, 3.63) is 11.8 Å². The summed E-state index contributed by atoms with van der Waals surface area (Å²) in [7, 11) is 0. The van der Waals surface area contributed by atoms with E-state index in [-0.39, 0.29) is 0 Å². The Labute approximate surface area is 120 Å². The Hall–Kier alpha value is -0.970. The molecular weight excluding hydrogens is 256 g/mol. The summed E-state index contributed by atoms with van der Waals surface area (Å²) in [5.41, 5.74) is 1.12. The second-order valence-corrected chi connectivity index (χ2v) is 6.25. The number of thioether (sulfide) groups is 1. The molecule has 0 aliphatic heterocycles. The van der Waals surface area contributed by atoms with Crippen molar-refractivity contribution < 1.29 is 0 Å². The molecule has 0 aromatic carbocycles. The molecule has 0 amide bonds. The second kappa shape index (κ2) is 6.98. The monoisotopic (exact) mass is 280 g/mol. The van der Waals surface area contributed by atoms with Gasteiger partial charge in [-0.3, -0.25) is 0 Å². The molecule has 0 unspecified atom stereocenters. The molecule has 2 N–H and O–H groups in total. The van der Waals surface area contributed by atoms with Crippen LogP contribution in [-0.2, 0) is 0 Å². The van der Waals surface area contributed by atoms with E-state index >= 15 is 0 Å². The Bertz CT molecular complexity index is 402. The van der Waals surface area contributed by atoms with E-state index < -0.39 is 0 Å². The first-order valence-electron chi connectivity index (χ1n) is 7.09. The minimum Gasteiger partial charge on any atom is -0.367 e. The fraction of sp³-hybridized carbons (Fsp3) is 0.714. The summed E-state index contributed by atoms with van der Waals surface area (Å²) in [6.07, 6.45) is 9.21. The van der Waals surface area contributed by atoms with Crippen LogP contribution in [0.25, 0.3) is 0 Å². The summed E-state index contributed by atoms with van der Waals surface area (Å²) >= 11 is 2.00. The molecule has 1 aliphatic carbocycles.